The molecule has 1 fully saturated rings. The van der Waals surface area contributed by atoms with Crippen molar-refractivity contribution in [3.63, 3.8) is 0 Å². The SMILES string of the molecule is CC(C)C(=O)CNCC1CCN(C)CC1. The van der Waals surface area contributed by atoms with Crippen LogP contribution < -0.4 is 5.32 Å². The fourth-order valence-electron chi connectivity index (χ4n) is 1.87. The molecule has 0 unspecified atom stereocenters. The van der Waals surface area contributed by atoms with Crippen LogP contribution in [0, 0.1) is 11.8 Å². The van der Waals surface area contributed by atoms with E-state index in [4.69, 9.17) is 0 Å². The summed E-state index contributed by atoms with van der Waals surface area (Å²) in [7, 11) is 2.17. The molecular weight excluding hydrogens is 188 g/mol. The number of carbonyl (C=O) groups excluding carboxylic acids is 1. The second kappa shape index (κ2) is 6.23. The second-order valence-electron chi connectivity index (χ2n) is 5.00. The molecule has 3 nitrogen and oxygen atoms in total. The number of carbonyl (C=O) groups is 1. The van der Waals surface area contributed by atoms with Gasteiger partial charge in [-0.15, -0.1) is 0 Å². The molecule has 1 aliphatic rings. The van der Waals surface area contributed by atoms with E-state index in [2.05, 4.69) is 17.3 Å². The number of ketones is 1. The highest BCUT2D eigenvalue weighted by Gasteiger charge is 2.16. The largest absolute Gasteiger partial charge is 0.310 e. The average Bonchev–Trinajstić information content (AvgIpc) is 2.20. The summed E-state index contributed by atoms with van der Waals surface area (Å²) in [5.74, 6) is 1.25. The number of hydrogen-bond donors (Lipinski definition) is 1. The van der Waals surface area contributed by atoms with Gasteiger partial charge in [-0.25, -0.2) is 0 Å². The minimum Gasteiger partial charge on any atom is -0.310 e. The van der Waals surface area contributed by atoms with Crippen molar-refractivity contribution in [3.8, 4) is 0 Å². The van der Waals surface area contributed by atoms with Gasteiger partial charge in [-0.1, -0.05) is 13.8 Å². The molecule has 0 spiro atoms. The predicted molar refractivity (Wildman–Crippen MR) is 62.9 cm³/mol. The Hall–Kier alpha value is -0.410. The Labute approximate surface area is 93.2 Å². The minimum absolute atomic E-state index is 0.162. The Morgan fingerprint density at radius 1 is 1.40 bits per heavy atom. The molecule has 1 heterocycles. The molecule has 88 valence electrons. The molecule has 1 aliphatic heterocycles. The lowest BCUT2D eigenvalue weighted by molar-refractivity contribution is -0.121. The number of likely N-dealkylation sites (tertiary alicyclic amines) is 1. The molecule has 1 saturated heterocycles. The van der Waals surface area contributed by atoms with Crippen LogP contribution in [-0.4, -0.2) is 43.9 Å². The van der Waals surface area contributed by atoms with Crippen molar-refractivity contribution in [2.45, 2.75) is 26.7 Å². The summed E-state index contributed by atoms with van der Waals surface area (Å²) in [4.78, 5) is 13.7. The third-order valence-electron chi connectivity index (χ3n) is 3.21. The van der Waals surface area contributed by atoms with E-state index in [1.807, 2.05) is 13.8 Å². The summed E-state index contributed by atoms with van der Waals surface area (Å²) in [6.07, 6.45) is 2.53. The summed E-state index contributed by atoms with van der Waals surface area (Å²) >= 11 is 0. The van der Waals surface area contributed by atoms with Gasteiger partial charge in [0.05, 0.1) is 6.54 Å². The van der Waals surface area contributed by atoms with E-state index in [0.717, 1.165) is 12.5 Å². The van der Waals surface area contributed by atoms with E-state index in [0.29, 0.717) is 12.3 Å². The molecule has 1 rings (SSSR count). The van der Waals surface area contributed by atoms with E-state index in [1.165, 1.54) is 25.9 Å². The number of Topliss-reactive ketones (excluding diaryl/α,β-unsaturated/α-hetero) is 1. The summed E-state index contributed by atoms with van der Waals surface area (Å²) in [5.41, 5.74) is 0. The van der Waals surface area contributed by atoms with Crippen molar-refractivity contribution < 1.29 is 4.79 Å². The third kappa shape index (κ3) is 4.76. The van der Waals surface area contributed by atoms with Gasteiger partial charge in [-0.05, 0) is 45.4 Å². The molecule has 0 aromatic rings. The maximum Gasteiger partial charge on any atom is 0.149 e. The Kier molecular flexibility index (Phi) is 5.26. The van der Waals surface area contributed by atoms with Crippen LogP contribution in [0.2, 0.25) is 0 Å². The van der Waals surface area contributed by atoms with Gasteiger partial charge in [-0.3, -0.25) is 4.79 Å². The molecule has 0 aliphatic carbocycles. The van der Waals surface area contributed by atoms with Gasteiger partial charge < -0.3 is 10.2 Å². The van der Waals surface area contributed by atoms with Gasteiger partial charge in [0.1, 0.15) is 5.78 Å². The van der Waals surface area contributed by atoms with Crippen molar-refractivity contribution >= 4 is 5.78 Å². The average molecular weight is 212 g/mol. The Balaban J connectivity index is 2.08. The van der Waals surface area contributed by atoms with Crippen molar-refractivity contribution in [3.05, 3.63) is 0 Å². The van der Waals surface area contributed by atoms with E-state index in [9.17, 15) is 4.79 Å². The summed E-state index contributed by atoms with van der Waals surface area (Å²) in [6, 6.07) is 0. The second-order valence-corrected chi connectivity index (χ2v) is 5.00. The number of rotatable bonds is 5. The van der Waals surface area contributed by atoms with Gasteiger partial charge in [0.25, 0.3) is 0 Å². The highest BCUT2D eigenvalue weighted by molar-refractivity contribution is 5.82. The minimum atomic E-state index is 0.162. The zero-order chi connectivity index (χ0) is 11.3. The van der Waals surface area contributed by atoms with Crippen LogP contribution in [-0.2, 0) is 4.79 Å². The van der Waals surface area contributed by atoms with Crippen molar-refractivity contribution in [2.24, 2.45) is 11.8 Å². The maximum atomic E-state index is 11.4. The van der Waals surface area contributed by atoms with E-state index >= 15 is 0 Å². The number of hydrogen-bond acceptors (Lipinski definition) is 3. The van der Waals surface area contributed by atoms with Crippen LogP contribution in [0.4, 0.5) is 0 Å². The first-order valence-corrected chi connectivity index (χ1v) is 6.01. The molecular formula is C12H24N2O. The number of nitrogens with zero attached hydrogens (tertiary/aromatic N) is 1. The topological polar surface area (TPSA) is 32.3 Å². The Morgan fingerprint density at radius 3 is 2.53 bits per heavy atom. The molecule has 0 radical (unpaired) electrons. The van der Waals surface area contributed by atoms with Crippen molar-refractivity contribution in [1.82, 2.24) is 10.2 Å². The monoisotopic (exact) mass is 212 g/mol. The standard InChI is InChI=1S/C12H24N2O/c1-10(2)12(15)9-13-8-11-4-6-14(3)7-5-11/h10-11,13H,4-9H2,1-3H3. The fourth-order valence-corrected chi connectivity index (χ4v) is 1.87. The molecule has 0 amide bonds. The normalized spacial score (nSPS) is 19.7. The zero-order valence-corrected chi connectivity index (χ0v) is 10.3. The highest BCUT2D eigenvalue weighted by atomic mass is 16.1. The lowest BCUT2D eigenvalue weighted by atomic mass is 9.97. The molecule has 3 heteroatoms. The van der Waals surface area contributed by atoms with E-state index < -0.39 is 0 Å². The Morgan fingerprint density at radius 2 is 2.00 bits per heavy atom. The summed E-state index contributed by atoms with van der Waals surface area (Å²) < 4.78 is 0. The number of piperidine rings is 1. The molecule has 0 aromatic carbocycles. The maximum absolute atomic E-state index is 11.4. The molecule has 1 N–H and O–H groups in total. The first kappa shape index (κ1) is 12.7. The summed E-state index contributed by atoms with van der Waals surface area (Å²) in [5, 5.41) is 3.28. The first-order valence-electron chi connectivity index (χ1n) is 6.01. The lowest BCUT2D eigenvalue weighted by Gasteiger charge is -2.29. The third-order valence-corrected chi connectivity index (χ3v) is 3.21. The lowest BCUT2D eigenvalue weighted by Crippen LogP contribution is -2.36. The van der Waals surface area contributed by atoms with Crippen molar-refractivity contribution in [2.75, 3.05) is 33.2 Å². The molecule has 0 bridgehead atoms. The van der Waals surface area contributed by atoms with Crippen LogP contribution in [0.1, 0.15) is 26.7 Å². The van der Waals surface area contributed by atoms with Crippen LogP contribution in [0.3, 0.4) is 0 Å². The van der Waals surface area contributed by atoms with Crippen LogP contribution in [0.5, 0.6) is 0 Å². The van der Waals surface area contributed by atoms with E-state index in [-0.39, 0.29) is 5.92 Å². The van der Waals surface area contributed by atoms with Crippen molar-refractivity contribution in [1.29, 1.82) is 0 Å². The fraction of sp³-hybridized carbons (Fsp3) is 0.917. The smallest absolute Gasteiger partial charge is 0.149 e. The van der Waals surface area contributed by atoms with Crippen LogP contribution >= 0.6 is 0 Å². The first-order chi connectivity index (χ1) is 7.09. The van der Waals surface area contributed by atoms with Crippen LogP contribution in [0.25, 0.3) is 0 Å². The van der Waals surface area contributed by atoms with Crippen LogP contribution in [0.15, 0.2) is 0 Å². The van der Waals surface area contributed by atoms with E-state index in [1.54, 1.807) is 0 Å². The molecule has 0 saturated carbocycles. The Bertz CT molecular complexity index is 196. The predicted octanol–water partition coefficient (Wildman–Crippen LogP) is 1.14. The van der Waals surface area contributed by atoms with Gasteiger partial charge in [0.15, 0.2) is 0 Å². The molecule has 0 aromatic heterocycles. The van der Waals surface area contributed by atoms with Gasteiger partial charge in [0, 0.05) is 5.92 Å². The summed E-state index contributed by atoms with van der Waals surface area (Å²) in [6.45, 7) is 7.87. The zero-order valence-electron chi connectivity index (χ0n) is 10.3. The van der Waals surface area contributed by atoms with Gasteiger partial charge >= 0.3 is 0 Å². The van der Waals surface area contributed by atoms with Gasteiger partial charge in [-0.2, -0.15) is 0 Å². The number of nitrogens with one attached hydrogen (secondary N) is 1. The molecule has 0 atom stereocenters. The molecule has 15 heavy (non-hydrogen) atoms. The highest BCUT2D eigenvalue weighted by Crippen LogP contribution is 2.14. The quantitative estimate of drug-likeness (QED) is 0.742. The van der Waals surface area contributed by atoms with Gasteiger partial charge in [0.2, 0.25) is 0 Å².